The van der Waals surface area contributed by atoms with Gasteiger partial charge in [0.2, 0.25) is 11.8 Å². The highest BCUT2D eigenvalue weighted by Gasteiger charge is 2.54. The zero-order valence-electron chi connectivity index (χ0n) is 17.0. The zero-order valence-corrected chi connectivity index (χ0v) is 17.0. The lowest BCUT2D eigenvalue weighted by Gasteiger charge is -2.50. The molecule has 30 heavy (non-hydrogen) atoms. The van der Waals surface area contributed by atoms with Crippen LogP contribution in [0.5, 0.6) is 0 Å². The summed E-state index contributed by atoms with van der Waals surface area (Å²) in [5.41, 5.74) is -0.313. The molecular formula is C23H26N4O3. The molecule has 7 nitrogen and oxygen atoms in total. The van der Waals surface area contributed by atoms with E-state index in [1.807, 2.05) is 35.2 Å². The van der Waals surface area contributed by atoms with Gasteiger partial charge in [0, 0.05) is 50.2 Å². The van der Waals surface area contributed by atoms with Gasteiger partial charge in [-0.2, -0.15) is 0 Å². The molecule has 3 amide bonds. The quantitative estimate of drug-likeness (QED) is 0.827. The Bertz CT molecular complexity index is 1010. The summed E-state index contributed by atoms with van der Waals surface area (Å²) < 4.78 is 0. The van der Waals surface area contributed by atoms with Gasteiger partial charge in [-0.1, -0.05) is 24.3 Å². The van der Waals surface area contributed by atoms with E-state index in [1.165, 1.54) is 0 Å². The Labute approximate surface area is 175 Å². The lowest BCUT2D eigenvalue weighted by Crippen LogP contribution is -2.67. The van der Waals surface area contributed by atoms with Gasteiger partial charge >= 0.3 is 0 Å². The number of nitrogens with one attached hydrogen (secondary N) is 1. The van der Waals surface area contributed by atoms with Crippen molar-refractivity contribution in [3.63, 3.8) is 0 Å². The van der Waals surface area contributed by atoms with Crippen LogP contribution in [0, 0.1) is 5.41 Å². The van der Waals surface area contributed by atoms with Gasteiger partial charge in [0.1, 0.15) is 5.69 Å². The van der Waals surface area contributed by atoms with Crippen molar-refractivity contribution in [1.82, 2.24) is 20.1 Å². The Morgan fingerprint density at radius 3 is 2.70 bits per heavy atom. The summed E-state index contributed by atoms with van der Waals surface area (Å²) in [5.74, 6) is -0.0514. The van der Waals surface area contributed by atoms with Crippen molar-refractivity contribution < 1.29 is 14.4 Å². The zero-order chi connectivity index (χ0) is 20.7. The highest BCUT2D eigenvalue weighted by molar-refractivity contribution is 6.05. The summed E-state index contributed by atoms with van der Waals surface area (Å²) in [4.78, 5) is 47.2. The molecule has 3 fully saturated rings. The summed E-state index contributed by atoms with van der Waals surface area (Å²) in [7, 11) is 0. The van der Waals surface area contributed by atoms with E-state index in [2.05, 4.69) is 10.3 Å². The minimum Gasteiger partial charge on any atom is -0.352 e. The Kier molecular flexibility index (Phi) is 4.68. The molecule has 1 N–H and O–H groups in total. The molecule has 156 valence electrons. The third-order valence-electron chi connectivity index (χ3n) is 6.94. The molecule has 2 atom stereocenters. The van der Waals surface area contributed by atoms with Crippen molar-refractivity contribution in [1.29, 1.82) is 0 Å². The number of likely N-dealkylation sites (tertiary alicyclic amines) is 2. The molecule has 3 saturated heterocycles. The fraction of sp³-hybridized carbons (Fsp3) is 0.478. The van der Waals surface area contributed by atoms with Crippen LogP contribution in [0.2, 0.25) is 0 Å². The third-order valence-corrected chi connectivity index (χ3v) is 6.94. The molecule has 1 aromatic carbocycles. The van der Waals surface area contributed by atoms with Gasteiger partial charge in [0.15, 0.2) is 0 Å². The van der Waals surface area contributed by atoms with Gasteiger partial charge in [-0.3, -0.25) is 19.4 Å². The van der Waals surface area contributed by atoms with E-state index in [0.717, 1.165) is 36.7 Å². The Hall–Kier alpha value is -2.96. The van der Waals surface area contributed by atoms with E-state index in [0.29, 0.717) is 38.0 Å². The summed E-state index contributed by atoms with van der Waals surface area (Å²) in [6.07, 6.45) is 5.09. The molecule has 0 spiro atoms. The number of carbonyl (C=O) groups is 3. The molecule has 5 rings (SSSR count). The highest BCUT2D eigenvalue weighted by atomic mass is 16.2. The molecule has 0 unspecified atom stereocenters. The summed E-state index contributed by atoms with van der Waals surface area (Å²) in [6.45, 7) is 2.36. The summed E-state index contributed by atoms with van der Waals surface area (Å²) >= 11 is 0. The van der Waals surface area contributed by atoms with Crippen LogP contribution in [0.25, 0.3) is 10.8 Å². The number of benzene rings is 1. The topological polar surface area (TPSA) is 82.6 Å². The number of hydrogen-bond donors (Lipinski definition) is 1. The number of fused-ring (bicyclic) bond motifs is 2. The molecule has 0 bridgehead atoms. The van der Waals surface area contributed by atoms with Crippen LogP contribution < -0.4 is 5.32 Å². The minimum atomic E-state index is -0.739. The van der Waals surface area contributed by atoms with Crippen LogP contribution in [0.15, 0.2) is 36.5 Å². The number of pyridine rings is 1. The standard InChI is InChI=1S/C23H26N4O3/c28-19-7-10-23(22(30)26-12-3-4-13-26)15-27(14-9-18(23)25-19)21(29)20-17-6-2-1-5-16(17)8-11-24-20/h1-2,5-6,8,11,18H,3-4,7,9-10,12-15H2,(H,25,28)/t18-,23+/m1/s1. The average Bonchev–Trinajstić information content (AvgIpc) is 3.32. The van der Waals surface area contributed by atoms with E-state index < -0.39 is 5.41 Å². The number of piperidine rings is 2. The second-order valence-electron chi connectivity index (χ2n) is 8.67. The second kappa shape index (κ2) is 7.38. The molecule has 0 radical (unpaired) electrons. The first-order valence-corrected chi connectivity index (χ1v) is 10.8. The Balaban J connectivity index is 1.48. The minimum absolute atomic E-state index is 0.000318. The van der Waals surface area contributed by atoms with Crippen molar-refractivity contribution in [3.05, 3.63) is 42.2 Å². The van der Waals surface area contributed by atoms with Crippen molar-refractivity contribution in [2.75, 3.05) is 26.2 Å². The second-order valence-corrected chi connectivity index (χ2v) is 8.67. The monoisotopic (exact) mass is 406 g/mol. The number of rotatable bonds is 2. The number of hydrogen-bond acceptors (Lipinski definition) is 4. The van der Waals surface area contributed by atoms with E-state index in [-0.39, 0.29) is 23.8 Å². The highest BCUT2D eigenvalue weighted by Crippen LogP contribution is 2.40. The van der Waals surface area contributed by atoms with Gasteiger partial charge in [0.05, 0.1) is 5.41 Å². The molecule has 0 aliphatic carbocycles. The fourth-order valence-corrected chi connectivity index (χ4v) is 5.33. The molecule has 3 aliphatic heterocycles. The number of carbonyl (C=O) groups excluding carboxylic acids is 3. The summed E-state index contributed by atoms with van der Waals surface area (Å²) in [5, 5.41) is 4.85. The SMILES string of the molecule is O=C1CC[C@]2(C(=O)N3CCCC3)CN(C(=O)c3nccc4ccccc34)CC[C@H]2N1. The van der Waals surface area contributed by atoms with Crippen LogP contribution in [-0.2, 0) is 9.59 Å². The molecule has 2 aromatic rings. The van der Waals surface area contributed by atoms with E-state index in [1.54, 1.807) is 11.1 Å². The number of amides is 3. The molecule has 7 heteroatoms. The van der Waals surface area contributed by atoms with E-state index in [9.17, 15) is 14.4 Å². The molecule has 0 saturated carbocycles. The number of aromatic nitrogens is 1. The van der Waals surface area contributed by atoms with Crippen LogP contribution in [0.3, 0.4) is 0 Å². The molecule has 4 heterocycles. The Morgan fingerprint density at radius 2 is 1.87 bits per heavy atom. The Morgan fingerprint density at radius 1 is 1.07 bits per heavy atom. The lowest BCUT2D eigenvalue weighted by atomic mass is 9.69. The first kappa shape index (κ1) is 19.0. The fourth-order valence-electron chi connectivity index (χ4n) is 5.33. The number of nitrogens with zero attached hydrogens (tertiary/aromatic N) is 3. The first-order valence-electron chi connectivity index (χ1n) is 10.8. The van der Waals surface area contributed by atoms with Gasteiger partial charge < -0.3 is 15.1 Å². The van der Waals surface area contributed by atoms with Gasteiger partial charge in [-0.05, 0) is 37.1 Å². The van der Waals surface area contributed by atoms with E-state index in [4.69, 9.17) is 0 Å². The average molecular weight is 406 g/mol. The van der Waals surface area contributed by atoms with Crippen molar-refractivity contribution in [3.8, 4) is 0 Å². The predicted molar refractivity (Wildman–Crippen MR) is 112 cm³/mol. The van der Waals surface area contributed by atoms with E-state index >= 15 is 0 Å². The van der Waals surface area contributed by atoms with Gasteiger partial charge in [0.25, 0.3) is 5.91 Å². The smallest absolute Gasteiger partial charge is 0.273 e. The van der Waals surface area contributed by atoms with Gasteiger partial charge in [-0.25, -0.2) is 0 Å². The van der Waals surface area contributed by atoms with Crippen molar-refractivity contribution in [2.24, 2.45) is 5.41 Å². The maximum atomic E-state index is 13.6. The summed E-state index contributed by atoms with van der Waals surface area (Å²) in [6, 6.07) is 9.41. The predicted octanol–water partition coefficient (Wildman–Crippen LogP) is 1.97. The van der Waals surface area contributed by atoms with Crippen molar-refractivity contribution in [2.45, 2.75) is 38.1 Å². The van der Waals surface area contributed by atoms with Crippen molar-refractivity contribution >= 4 is 28.5 Å². The third kappa shape index (κ3) is 3.04. The van der Waals surface area contributed by atoms with Crippen LogP contribution in [0.4, 0.5) is 0 Å². The maximum Gasteiger partial charge on any atom is 0.273 e. The van der Waals surface area contributed by atoms with Crippen LogP contribution >= 0.6 is 0 Å². The largest absolute Gasteiger partial charge is 0.352 e. The lowest BCUT2D eigenvalue weighted by molar-refractivity contribution is -0.151. The van der Waals surface area contributed by atoms with Crippen LogP contribution in [0.1, 0.15) is 42.6 Å². The molecule has 1 aromatic heterocycles. The maximum absolute atomic E-state index is 13.6. The first-order chi connectivity index (χ1) is 14.6. The normalized spacial score (nSPS) is 26.4. The van der Waals surface area contributed by atoms with Crippen LogP contribution in [-0.4, -0.2) is 64.7 Å². The molecule has 3 aliphatic rings. The van der Waals surface area contributed by atoms with Gasteiger partial charge in [-0.15, -0.1) is 0 Å². The molecular weight excluding hydrogens is 380 g/mol.